The zero-order valence-electron chi connectivity index (χ0n) is 11.0. The van der Waals surface area contributed by atoms with Crippen LogP contribution in [0.1, 0.15) is 19.3 Å². The molecule has 1 amide bonds. The van der Waals surface area contributed by atoms with Crippen molar-refractivity contribution < 1.29 is 13.9 Å². The molecule has 1 saturated heterocycles. The van der Waals surface area contributed by atoms with Crippen LogP contribution in [0.4, 0.5) is 10.1 Å². The smallest absolute Gasteiger partial charge is 0.224 e. The number of amides is 1. The topological polar surface area (TPSA) is 50.4 Å². The van der Waals surface area contributed by atoms with Crippen LogP contribution < -0.4 is 15.4 Å². The Bertz CT molecular complexity index is 445. The molecule has 0 radical (unpaired) electrons. The van der Waals surface area contributed by atoms with E-state index in [9.17, 15) is 9.18 Å². The summed E-state index contributed by atoms with van der Waals surface area (Å²) in [5.74, 6) is 0.487. The van der Waals surface area contributed by atoms with Gasteiger partial charge in [0.05, 0.1) is 12.8 Å². The van der Waals surface area contributed by atoms with Gasteiger partial charge in [-0.15, -0.1) is 0 Å². The van der Waals surface area contributed by atoms with Gasteiger partial charge < -0.3 is 15.4 Å². The monoisotopic (exact) mass is 266 g/mol. The van der Waals surface area contributed by atoms with Crippen LogP contribution in [-0.4, -0.2) is 26.1 Å². The predicted molar refractivity (Wildman–Crippen MR) is 71.8 cm³/mol. The zero-order chi connectivity index (χ0) is 13.7. The molecule has 0 aromatic heterocycles. The molecular weight excluding hydrogens is 247 g/mol. The van der Waals surface area contributed by atoms with Crippen LogP contribution in [0, 0.1) is 11.7 Å². The number of carbonyl (C=O) groups is 1. The number of rotatable bonds is 5. The Morgan fingerprint density at radius 3 is 3.11 bits per heavy atom. The van der Waals surface area contributed by atoms with Crippen LogP contribution in [-0.2, 0) is 4.79 Å². The van der Waals surface area contributed by atoms with Gasteiger partial charge in [0.25, 0.3) is 0 Å². The van der Waals surface area contributed by atoms with E-state index in [0.717, 1.165) is 25.9 Å². The lowest BCUT2D eigenvalue weighted by Gasteiger charge is -2.11. The van der Waals surface area contributed by atoms with Crippen LogP contribution in [0.15, 0.2) is 18.2 Å². The van der Waals surface area contributed by atoms with Crippen molar-refractivity contribution in [3.05, 3.63) is 24.0 Å². The summed E-state index contributed by atoms with van der Waals surface area (Å²) in [5, 5.41) is 6.04. The number of carbonyl (C=O) groups excluding carboxylic acids is 1. The van der Waals surface area contributed by atoms with Crippen molar-refractivity contribution in [3.63, 3.8) is 0 Å². The van der Waals surface area contributed by atoms with Crippen molar-refractivity contribution in [2.45, 2.75) is 19.3 Å². The van der Waals surface area contributed by atoms with E-state index >= 15 is 0 Å². The van der Waals surface area contributed by atoms with Gasteiger partial charge in [-0.3, -0.25) is 4.79 Å². The van der Waals surface area contributed by atoms with Gasteiger partial charge >= 0.3 is 0 Å². The van der Waals surface area contributed by atoms with E-state index in [1.165, 1.54) is 25.3 Å². The molecule has 0 spiro atoms. The summed E-state index contributed by atoms with van der Waals surface area (Å²) in [6, 6.07) is 4.08. The largest absolute Gasteiger partial charge is 0.494 e. The summed E-state index contributed by atoms with van der Waals surface area (Å²) in [5.41, 5.74) is 0.512. The molecule has 1 aliphatic heterocycles. The van der Waals surface area contributed by atoms with Gasteiger partial charge in [0.2, 0.25) is 5.91 Å². The van der Waals surface area contributed by atoms with Crippen molar-refractivity contribution in [2.75, 3.05) is 25.5 Å². The lowest BCUT2D eigenvalue weighted by Crippen LogP contribution is -2.15. The molecule has 2 rings (SSSR count). The third-order valence-electron chi connectivity index (χ3n) is 3.38. The minimum absolute atomic E-state index is 0.0585. The molecule has 1 atom stereocenters. The van der Waals surface area contributed by atoms with E-state index in [-0.39, 0.29) is 11.7 Å². The van der Waals surface area contributed by atoms with Crippen LogP contribution in [0.5, 0.6) is 5.75 Å². The fourth-order valence-corrected chi connectivity index (χ4v) is 2.28. The minimum atomic E-state index is -0.383. The first-order chi connectivity index (χ1) is 9.19. The zero-order valence-corrected chi connectivity index (χ0v) is 11.0. The summed E-state index contributed by atoms with van der Waals surface area (Å²) in [4.78, 5) is 11.8. The van der Waals surface area contributed by atoms with Gasteiger partial charge in [0.15, 0.2) is 0 Å². The molecule has 1 heterocycles. The molecule has 1 fully saturated rings. The highest BCUT2D eigenvalue weighted by Crippen LogP contribution is 2.25. The Kier molecular flexibility index (Phi) is 4.74. The maximum atomic E-state index is 13.0. The predicted octanol–water partition coefficient (Wildman–Crippen LogP) is 2.16. The van der Waals surface area contributed by atoms with Gasteiger partial charge in [-0.25, -0.2) is 4.39 Å². The Labute approximate surface area is 112 Å². The van der Waals surface area contributed by atoms with E-state index < -0.39 is 0 Å². The third kappa shape index (κ3) is 3.92. The highest BCUT2D eigenvalue weighted by Gasteiger charge is 2.16. The van der Waals surface area contributed by atoms with Crippen molar-refractivity contribution in [3.8, 4) is 5.75 Å². The molecule has 2 N–H and O–H groups in total. The number of anilines is 1. The maximum Gasteiger partial charge on any atom is 0.224 e. The number of hydrogen-bond acceptors (Lipinski definition) is 3. The SMILES string of the molecule is COc1cc(F)ccc1NC(=O)CCC1CCNC1. The second-order valence-corrected chi connectivity index (χ2v) is 4.79. The number of methoxy groups -OCH3 is 1. The molecule has 104 valence electrons. The molecule has 0 bridgehead atoms. The Balaban J connectivity index is 1.87. The molecular formula is C14H19FN2O2. The maximum absolute atomic E-state index is 13.0. The van der Waals surface area contributed by atoms with Crippen LogP contribution >= 0.6 is 0 Å². The average Bonchev–Trinajstić information content (AvgIpc) is 2.91. The highest BCUT2D eigenvalue weighted by atomic mass is 19.1. The first kappa shape index (κ1) is 13.8. The van der Waals surface area contributed by atoms with Gasteiger partial charge in [0.1, 0.15) is 11.6 Å². The van der Waals surface area contributed by atoms with E-state index in [1.54, 1.807) is 0 Å². The fraction of sp³-hybridized carbons (Fsp3) is 0.500. The summed E-state index contributed by atoms with van der Waals surface area (Å²) in [6.45, 7) is 2.03. The van der Waals surface area contributed by atoms with Gasteiger partial charge in [-0.05, 0) is 44.0 Å². The first-order valence-corrected chi connectivity index (χ1v) is 6.53. The van der Waals surface area contributed by atoms with E-state index in [1.807, 2.05) is 0 Å². The van der Waals surface area contributed by atoms with Gasteiger partial charge in [-0.2, -0.15) is 0 Å². The van der Waals surface area contributed by atoms with E-state index in [4.69, 9.17) is 4.74 Å². The molecule has 0 saturated carbocycles. The number of nitrogens with one attached hydrogen (secondary N) is 2. The van der Waals surface area contributed by atoms with E-state index in [2.05, 4.69) is 10.6 Å². The van der Waals surface area contributed by atoms with E-state index in [0.29, 0.717) is 23.8 Å². The summed E-state index contributed by atoms with van der Waals surface area (Å²) >= 11 is 0. The molecule has 1 aliphatic rings. The number of ether oxygens (including phenoxy) is 1. The van der Waals surface area contributed by atoms with Crippen molar-refractivity contribution in [1.82, 2.24) is 5.32 Å². The second kappa shape index (κ2) is 6.52. The normalized spacial score (nSPS) is 18.3. The standard InChI is InChI=1S/C14H19FN2O2/c1-19-13-8-11(15)3-4-12(13)17-14(18)5-2-10-6-7-16-9-10/h3-4,8,10,16H,2,5-7,9H2,1H3,(H,17,18). The Hall–Kier alpha value is -1.62. The lowest BCUT2D eigenvalue weighted by atomic mass is 10.0. The molecule has 1 unspecified atom stereocenters. The second-order valence-electron chi connectivity index (χ2n) is 4.79. The quantitative estimate of drug-likeness (QED) is 0.858. The molecule has 19 heavy (non-hydrogen) atoms. The molecule has 5 heteroatoms. The summed E-state index contributed by atoms with van der Waals surface area (Å²) in [6.07, 6.45) is 2.49. The molecule has 4 nitrogen and oxygen atoms in total. The summed E-state index contributed by atoms with van der Waals surface area (Å²) < 4.78 is 18.1. The van der Waals surface area contributed by atoms with Crippen LogP contribution in [0.25, 0.3) is 0 Å². The average molecular weight is 266 g/mol. The molecule has 1 aromatic carbocycles. The molecule has 0 aliphatic carbocycles. The number of hydrogen-bond donors (Lipinski definition) is 2. The summed E-state index contributed by atoms with van der Waals surface area (Å²) in [7, 11) is 1.45. The van der Waals surface area contributed by atoms with Gasteiger partial charge in [0, 0.05) is 12.5 Å². The van der Waals surface area contributed by atoms with Crippen molar-refractivity contribution in [2.24, 2.45) is 5.92 Å². The highest BCUT2D eigenvalue weighted by molar-refractivity contribution is 5.92. The number of halogens is 1. The Morgan fingerprint density at radius 2 is 2.42 bits per heavy atom. The van der Waals surface area contributed by atoms with Crippen LogP contribution in [0.3, 0.4) is 0 Å². The first-order valence-electron chi connectivity index (χ1n) is 6.53. The number of benzene rings is 1. The van der Waals surface area contributed by atoms with Crippen molar-refractivity contribution >= 4 is 11.6 Å². The Morgan fingerprint density at radius 1 is 1.58 bits per heavy atom. The van der Waals surface area contributed by atoms with Gasteiger partial charge in [-0.1, -0.05) is 0 Å². The molecule has 1 aromatic rings. The lowest BCUT2D eigenvalue weighted by molar-refractivity contribution is -0.116. The van der Waals surface area contributed by atoms with Crippen LogP contribution in [0.2, 0.25) is 0 Å². The fourth-order valence-electron chi connectivity index (χ4n) is 2.28. The van der Waals surface area contributed by atoms with Crippen molar-refractivity contribution in [1.29, 1.82) is 0 Å². The third-order valence-corrected chi connectivity index (χ3v) is 3.38. The minimum Gasteiger partial charge on any atom is -0.494 e.